The van der Waals surface area contributed by atoms with Crippen molar-refractivity contribution in [3.05, 3.63) is 65.9 Å². The van der Waals surface area contributed by atoms with Crippen molar-refractivity contribution in [2.24, 2.45) is 0 Å². The Morgan fingerprint density at radius 2 is 1.95 bits per heavy atom. The third-order valence-corrected chi connectivity index (χ3v) is 3.25. The van der Waals surface area contributed by atoms with Gasteiger partial charge in [0.15, 0.2) is 0 Å². The Hall–Kier alpha value is -2.88. The third-order valence-electron chi connectivity index (χ3n) is 3.25. The third kappa shape index (κ3) is 2.56. The summed E-state index contributed by atoms with van der Waals surface area (Å²) < 4.78 is 5.92. The second kappa shape index (κ2) is 5.25. The lowest BCUT2D eigenvalue weighted by Crippen LogP contribution is -1.97. The molecule has 4 nitrogen and oxygen atoms in total. The lowest BCUT2D eigenvalue weighted by atomic mass is 10.1. The number of ether oxygens (including phenoxy) is 1. The van der Waals surface area contributed by atoms with Gasteiger partial charge in [-0.25, -0.2) is 4.79 Å². The molecule has 0 spiro atoms. The lowest BCUT2D eigenvalue weighted by molar-refractivity contribution is 0.0697. The summed E-state index contributed by atoms with van der Waals surface area (Å²) in [5.74, 6) is 0.391. The van der Waals surface area contributed by atoms with E-state index in [1.54, 1.807) is 18.3 Å². The summed E-state index contributed by atoms with van der Waals surface area (Å²) in [5, 5.41) is 9.90. The number of rotatable bonds is 3. The van der Waals surface area contributed by atoms with Crippen molar-refractivity contribution in [1.82, 2.24) is 4.98 Å². The van der Waals surface area contributed by atoms with Crippen LogP contribution in [-0.2, 0) is 0 Å². The number of carboxylic acids is 1. The molecule has 0 aliphatic heterocycles. The van der Waals surface area contributed by atoms with Gasteiger partial charge in [0.2, 0.25) is 0 Å². The number of hydrogen-bond acceptors (Lipinski definition) is 3. The van der Waals surface area contributed by atoms with E-state index in [1.807, 2.05) is 37.3 Å². The Kier molecular flexibility index (Phi) is 3.28. The quantitative estimate of drug-likeness (QED) is 0.786. The number of fused-ring (bicyclic) bond motifs is 1. The highest BCUT2D eigenvalue weighted by Crippen LogP contribution is 2.31. The molecule has 1 heterocycles. The summed E-state index contributed by atoms with van der Waals surface area (Å²) in [5.41, 5.74) is 1.88. The molecular formula is C17H13NO3. The summed E-state index contributed by atoms with van der Waals surface area (Å²) in [6.45, 7) is 1.82. The molecule has 21 heavy (non-hydrogen) atoms. The zero-order valence-electron chi connectivity index (χ0n) is 11.4. The SMILES string of the molecule is Cc1cc(C(=O)O)ccc1Oc1cccc2ncccc12. The van der Waals surface area contributed by atoms with Crippen LogP contribution in [0.2, 0.25) is 0 Å². The molecule has 0 saturated carbocycles. The normalized spacial score (nSPS) is 10.5. The molecule has 104 valence electrons. The van der Waals surface area contributed by atoms with E-state index in [0.29, 0.717) is 11.5 Å². The minimum absolute atomic E-state index is 0.249. The van der Waals surface area contributed by atoms with E-state index in [4.69, 9.17) is 9.84 Å². The Bertz CT molecular complexity index is 822. The summed E-state index contributed by atoms with van der Waals surface area (Å²) in [6, 6.07) is 14.3. The van der Waals surface area contributed by atoms with Gasteiger partial charge in [-0.3, -0.25) is 4.98 Å². The van der Waals surface area contributed by atoms with E-state index in [0.717, 1.165) is 16.5 Å². The number of carbonyl (C=O) groups is 1. The van der Waals surface area contributed by atoms with E-state index in [1.165, 1.54) is 6.07 Å². The van der Waals surface area contributed by atoms with Crippen molar-refractivity contribution in [1.29, 1.82) is 0 Å². The molecular weight excluding hydrogens is 266 g/mol. The van der Waals surface area contributed by atoms with Gasteiger partial charge in [0.05, 0.1) is 11.1 Å². The smallest absolute Gasteiger partial charge is 0.335 e. The van der Waals surface area contributed by atoms with Crippen LogP contribution in [0.3, 0.4) is 0 Å². The van der Waals surface area contributed by atoms with Gasteiger partial charge >= 0.3 is 5.97 Å². The minimum Gasteiger partial charge on any atom is -0.478 e. The first-order chi connectivity index (χ1) is 10.1. The highest BCUT2D eigenvalue weighted by molar-refractivity contribution is 5.88. The van der Waals surface area contributed by atoms with E-state index in [9.17, 15) is 4.79 Å². The average molecular weight is 279 g/mol. The van der Waals surface area contributed by atoms with Crippen LogP contribution in [0.4, 0.5) is 0 Å². The first-order valence-corrected chi connectivity index (χ1v) is 6.51. The fourth-order valence-corrected chi connectivity index (χ4v) is 2.18. The standard InChI is InChI=1S/C17H13NO3/c1-11-10-12(17(19)20)7-8-15(11)21-16-6-2-5-14-13(16)4-3-9-18-14/h2-10H,1H3,(H,19,20). The monoisotopic (exact) mass is 279 g/mol. The molecule has 2 aromatic carbocycles. The minimum atomic E-state index is -0.945. The topological polar surface area (TPSA) is 59.4 Å². The molecule has 0 saturated heterocycles. The Balaban J connectivity index is 2.01. The molecule has 0 unspecified atom stereocenters. The molecule has 0 fully saturated rings. The van der Waals surface area contributed by atoms with E-state index >= 15 is 0 Å². The van der Waals surface area contributed by atoms with Gasteiger partial charge in [-0.05, 0) is 55.0 Å². The van der Waals surface area contributed by atoms with Gasteiger partial charge in [0.1, 0.15) is 11.5 Å². The first-order valence-electron chi connectivity index (χ1n) is 6.51. The van der Waals surface area contributed by atoms with Crippen LogP contribution in [0.25, 0.3) is 10.9 Å². The molecule has 1 N–H and O–H groups in total. The molecule has 3 rings (SSSR count). The fourth-order valence-electron chi connectivity index (χ4n) is 2.18. The van der Waals surface area contributed by atoms with Crippen LogP contribution < -0.4 is 4.74 Å². The Morgan fingerprint density at radius 1 is 1.10 bits per heavy atom. The molecule has 3 aromatic rings. The number of aryl methyl sites for hydroxylation is 1. The highest BCUT2D eigenvalue weighted by atomic mass is 16.5. The van der Waals surface area contributed by atoms with Gasteiger partial charge in [-0.15, -0.1) is 0 Å². The second-order valence-electron chi connectivity index (χ2n) is 4.71. The van der Waals surface area contributed by atoms with Crippen molar-refractivity contribution >= 4 is 16.9 Å². The van der Waals surface area contributed by atoms with E-state index in [-0.39, 0.29) is 5.56 Å². The van der Waals surface area contributed by atoms with E-state index in [2.05, 4.69) is 4.98 Å². The Morgan fingerprint density at radius 3 is 2.71 bits per heavy atom. The molecule has 4 heteroatoms. The average Bonchev–Trinajstić information content (AvgIpc) is 2.49. The highest BCUT2D eigenvalue weighted by Gasteiger charge is 2.09. The molecule has 0 aliphatic rings. The van der Waals surface area contributed by atoms with Crippen molar-refractivity contribution in [3.8, 4) is 11.5 Å². The molecule has 0 bridgehead atoms. The van der Waals surface area contributed by atoms with Crippen LogP contribution in [0.1, 0.15) is 15.9 Å². The number of hydrogen-bond donors (Lipinski definition) is 1. The van der Waals surface area contributed by atoms with Gasteiger partial charge in [0.25, 0.3) is 0 Å². The zero-order valence-corrected chi connectivity index (χ0v) is 11.4. The van der Waals surface area contributed by atoms with Crippen molar-refractivity contribution in [2.45, 2.75) is 6.92 Å². The maximum atomic E-state index is 10.9. The van der Waals surface area contributed by atoms with E-state index < -0.39 is 5.97 Å². The molecule has 0 radical (unpaired) electrons. The summed E-state index contributed by atoms with van der Waals surface area (Å²) >= 11 is 0. The summed E-state index contributed by atoms with van der Waals surface area (Å²) in [6.07, 6.45) is 1.74. The molecule has 0 amide bonds. The number of aromatic carboxylic acids is 1. The molecule has 0 atom stereocenters. The fraction of sp³-hybridized carbons (Fsp3) is 0.0588. The second-order valence-corrected chi connectivity index (χ2v) is 4.71. The van der Waals surface area contributed by atoms with Gasteiger partial charge in [-0.1, -0.05) is 6.07 Å². The number of aromatic nitrogens is 1. The number of pyridine rings is 1. The van der Waals surface area contributed by atoms with Gasteiger partial charge in [-0.2, -0.15) is 0 Å². The lowest BCUT2D eigenvalue weighted by Gasteiger charge is -2.11. The molecule has 1 aromatic heterocycles. The number of nitrogens with zero attached hydrogens (tertiary/aromatic N) is 1. The van der Waals surface area contributed by atoms with Crippen LogP contribution >= 0.6 is 0 Å². The molecule has 0 aliphatic carbocycles. The number of carboxylic acid groups (broad SMARTS) is 1. The zero-order chi connectivity index (χ0) is 14.8. The summed E-state index contributed by atoms with van der Waals surface area (Å²) in [7, 11) is 0. The summed E-state index contributed by atoms with van der Waals surface area (Å²) in [4.78, 5) is 15.2. The van der Waals surface area contributed by atoms with Crippen LogP contribution in [0, 0.1) is 6.92 Å². The predicted molar refractivity (Wildman–Crippen MR) is 80.0 cm³/mol. The predicted octanol–water partition coefficient (Wildman–Crippen LogP) is 4.03. The maximum absolute atomic E-state index is 10.9. The number of benzene rings is 2. The largest absolute Gasteiger partial charge is 0.478 e. The van der Waals surface area contributed by atoms with Crippen molar-refractivity contribution in [2.75, 3.05) is 0 Å². The van der Waals surface area contributed by atoms with Crippen molar-refractivity contribution in [3.63, 3.8) is 0 Å². The maximum Gasteiger partial charge on any atom is 0.335 e. The van der Waals surface area contributed by atoms with Gasteiger partial charge in [0, 0.05) is 11.6 Å². The van der Waals surface area contributed by atoms with Crippen LogP contribution in [0.15, 0.2) is 54.7 Å². The van der Waals surface area contributed by atoms with Crippen LogP contribution in [-0.4, -0.2) is 16.1 Å². The van der Waals surface area contributed by atoms with Crippen molar-refractivity contribution < 1.29 is 14.6 Å². The van der Waals surface area contributed by atoms with Gasteiger partial charge < -0.3 is 9.84 Å². The Labute approximate surface area is 121 Å². The van der Waals surface area contributed by atoms with Crippen LogP contribution in [0.5, 0.6) is 11.5 Å². The first kappa shape index (κ1) is 13.1.